The van der Waals surface area contributed by atoms with Crippen LogP contribution < -0.4 is 10.5 Å². The van der Waals surface area contributed by atoms with E-state index in [4.69, 9.17) is 10.5 Å². The van der Waals surface area contributed by atoms with E-state index in [1.165, 1.54) is 5.56 Å². The third kappa shape index (κ3) is 3.09. The van der Waals surface area contributed by atoms with Crippen molar-refractivity contribution in [3.63, 3.8) is 0 Å². The number of hydrogen-bond donors (Lipinski definition) is 1. The Bertz CT molecular complexity index is 516. The lowest BCUT2D eigenvalue weighted by atomic mass is 10.2. The maximum Gasteiger partial charge on any atom is 0.153 e. The van der Waals surface area contributed by atoms with Crippen LogP contribution in [-0.2, 0) is 0 Å². The first kappa shape index (κ1) is 13.1. The van der Waals surface area contributed by atoms with Crippen LogP contribution in [-0.4, -0.2) is 11.5 Å². The Balaban J connectivity index is 2.21. The van der Waals surface area contributed by atoms with Gasteiger partial charge in [-0.05, 0) is 52.7 Å². The molecule has 0 aliphatic carbocycles. The van der Waals surface area contributed by atoms with E-state index in [1.807, 2.05) is 43.3 Å². The Morgan fingerprint density at radius 1 is 1.33 bits per heavy atom. The lowest BCUT2D eigenvalue weighted by Gasteiger charge is -2.18. The number of benzene rings is 1. The third-order valence-corrected chi connectivity index (χ3v) is 3.21. The molecule has 0 saturated heterocycles. The highest BCUT2D eigenvalue weighted by Gasteiger charge is 2.14. The van der Waals surface area contributed by atoms with Gasteiger partial charge in [-0.2, -0.15) is 0 Å². The fraction of sp³-hybridized carbons (Fsp3) is 0.214. The van der Waals surface area contributed by atoms with Gasteiger partial charge in [-0.25, -0.2) is 0 Å². The van der Waals surface area contributed by atoms with Gasteiger partial charge in [-0.1, -0.05) is 12.1 Å². The zero-order valence-electron chi connectivity index (χ0n) is 10.1. The highest BCUT2D eigenvalue weighted by Crippen LogP contribution is 2.29. The molecule has 1 aromatic heterocycles. The molecule has 0 amide bonds. The standard InChI is InChI=1S/C14H15BrN2O/c1-10-5-6-13(11(15)8-10)18-14(9-16)12-4-2-3-7-17-12/h2-8,14H,9,16H2,1H3. The van der Waals surface area contributed by atoms with E-state index in [0.717, 1.165) is 15.9 Å². The molecule has 0 aliphatic rings. The topological polar surface area (TPSA) is 48.1 Å². The summed E-state index contributed by atoms with van der Waals surface area (Å²) in [4.78, 5) is 4.27. The minimum Gasteiger partial charge on any atom is -0.482 e. The highest BCUT2D eigenvalue weighted by atomic mass is 79.9. The Morgan fingerprint density at radius 3 is 2.78 bits per heavy atom. The fourth-order valence-corrected chi connectivity index (χ4v) is 2.24. The largest absolute Gasteiger partial charge is 0.482 e. The van der Waals surface area contributed by atoms with E-state index in [0.29, 0.717) is 6.54 Å². The van der Waals surface area contributed by atoms with Gasteiger partial charge in [0.05, 0.1) is 10.2 Å². The van der Waals surface area contributed by atoms with Crippen LogP contribution in [0.2, 0.25) is 0 Å². The predicted octanol–water partition coefficient (Wildman–Crippen LogP) is 3.23. The van der Waals surface area contributed by atoms with Gasteiger partial charge in [0.1, 0.15) is 5.75 Å². The summed E-state index contributed by atoms with van der Waals surface area (Å²) in [6.07, 6.45) is 1.51. The summed E-state index contributed by atoms with van der Waals surface area (Å²) in [5, 5.41) is 0. The van der Waals surface area contributed by atoms with Crippen molar-refractivity contribution < 1.29 is 4.74 Å². The second-order valence-electron chi connectivity index (χ2n) is 4.03. The molecule has 0 aliphatic heterocycles. The molecule has 4 heteroatoms. The van der Waals surface area contributed by atoms with Crippen molar-refractivity contribution in [3.05, 3.63) is 58.3 Å². The second-order valence-corrected chi connectivity index (χ2v) is 4.89. The molecule has 1 heterocycles. The quantitative estimate of drug-likeness (QED) is 0.943. The van der Waals surface area contributed by atoms with Crippen LogP contribution in [0.4, 0.5) is 0 Å². The lowest BCUT2D eigenvalue weighted by Crippen LogP contribution is -2.19. The number of nitrogens with two attached hydrogens (primary N) is 1. The van der Waals surface area contributed by atoms with E-state index >= 15 is 0 Å². The number of aryl methyl sites for hydroxylation is 1. The van der Waals surface area contributed by atoms with Gasteiger partial charge in [0, 0.05) is 12.7 Å². The Hall–Kier alpha value is -1.39. The minimum atomic E-state index is -0.231. The van der Waals surface area contributed by atoms with Crippen LogP contribution in [0.25, 0.3) is 0 Å². The third-order valence-electron chi connectivity index (χ3n) is 2.59. The first-order valence-corrected chi connectivity index (χ1v) is 6.54. The second kappa shape index (κ2) is 5.98. The molecule has 3 nitrogen and oxygen atoms in total. The average molecular weight is 307 g/mol. The molecule has 2 rings (SSSR count). The summed E-state index contributed by atoms with van der Waals surface area (Å²) in [7, 11) is 0. The van der Waals surface area contributed by atoms with Crippen LogP contribution in [0.15, 0.2) is 47.1 Å². The fourth-order valence-electron chi connectivity index (χ4n) is 1.65. The van der Waals surface area contributed by atoms with Gasteiger partial charge >= 0.3 is 0 Å². The molecule has 0 bridgehead atoms. The van der Waals surface area contributed by atoms with Crippen LogP contribution in [0.1, 0.15) is 17.4 Å². The van der Waals surface area contributed by atoms with E-state index < -0.39 is 0 Å². The molecular weight excluding hydrogens is 292 g/mol. The summed E-state index contributed by atoms with van der Waals surface area (Å²) in [6.45, 7) is 2.42. The number of pyridine rings is 1. The lowest BCUT2D eigenvalue weighted by molar-refractivity contribution is 0.208. The Labute approximate surface area is 115 Å². The molecule has 1 atom stereocenters. The molecule has 2 N–H and O–H groups in total. The van der Waals surface area contributed by atoms with Crippen LogP contribution in [0.5, 0.6) is 5.75 Å². The van der Waals surface area contributed by atoms with E-state index in [-0.39, 0.29) is 6.10 Å². The van der Waals surface area contributed by atoms with Crippen molar-refractivity contribution in [2.24, 2.45) is 5.73 Å². The molecule has 2 aromatic rings. The summed E-state index contributed by atoms with van der Waals surface area (Å²) in [5.41, 5.74) is 7.77. The van der Waals surface area contributed by atoms with Crippen molar-refractivity contribution in [2.75, 3.05) is 6.54 Å². The monoisotopic (exact) mass is 306 g/mol. The molecule has 0 spiro atoms. The Morgan fingerprint density at radius 2 is 2.17 bits per heavy atom. The number of halogens is 1. The molecule has 0 saturated carbocycles. The SMILES string of the molecule is Cc1ccc(OC(CN)c2ccccn2)c(Br)c1. The molecule has 0 fully saturated rings. The summed E-state index contributed by atoms with van der Waals surface area (Å²) in [5.74, 6) is 0.779. The summed E-state index contributed by atoms with van der Waals surface area (Å²) >= 11 is 3.49. The molecular formula is C14H15BrN2O. The van der Waals surface area contributed by atoms with E-state index in [9.17, 15) is 0 Å². The predicted molar refractivity (Wildman–Crippen MR) is 75.5 cm³/mol. The van der Waals surface area contributed by atoms with Gasteiger partial charge in [0.15, 0.2) is 6.10 Å². The normalized spacial score (nSPS) is 12.2. The number of rotatable bonds is 4. The molecule has 1 aromatic carbocycles. The minimum absolute atomic E-state index is 0.231. The average Bonchev–Trinajstić information content (AvgIpc) is 2.39. The van der Waals surface area contributed by atoms with E-state index in [2.05, 4.69) is 20.9 Å². The van der Waals surface area contributed by atoms with Gasteiger partial charge in [-0.15, -0.1) is 0 Å². The number of hydrogen-bond acceptors (Lipinski definition) is 3. The first-order chi connectivity index (χ1) is 8.70. The van der Waals surface area contributed by atoms with Crippen molar-refractivity contribution in [1.29, 1.82) is 0 Å². The first-order valence-electron chi connectivity index (χ1n) is 5.74. The summed E-state index contributed by atoms with van der Waals surface area (Å²) < 4.78 is 6.83. The van der Waals surface area contributed by atoms with Gasteiger partial charge in [0.25, 0.3) is 0 Å². The zero-order chi connectivity index (χ0) is 13.0. The smallest absolute Gasteiger partial charge is 0.153 e. The number of nitrogens with zero attached hydrogens (tertiary/aromatic N) is 1. The molecule has 1 unspecified atom stereocenters. The highest BCUT2D eigenvalue weighted by molar-refractivity contribution is 9.10. The molecule has 94 valence electrons. The zero-order valence-corrected chi connectivity index (χ0v) is 11.7. The van der Waals surface area contributed by atoms with Crippen LogP contribution in [0, 0.1) is 6.92 Å². The van der Waals surface area contributed by atoms with Gasteiger partial charge in [-0.3, -0.25) is 4.98 Å². The van der Waals surface area contributed by atoms with Crippen molar-refractivity contribution in [2.45, 2.75) is 13.0 Å². The van der Waals surface area contributed by atoms with Gasteiger partial charge in [0.2, 0.25) is 0 Å². The maximum absolute atomic E-state index is 5.90. The van der Waals surface area contributed by atoms with E-state index in [1.54, 1.807) is 6.20 Å². The van der Waals surface area contributed by atoms with Gasteiger partial charge < -0.3 is 10.5 Å². The van der Waals surface area contributed by atoms with Crippen molar-refractivity contribution >= 4 is 15.9 Å². The molecule has 18 heavy (non-hydrogen) atoms. The van der Waals surface area contributed by atoms with Crippen molar-refractivity contribution in [1.82, 2.24) is 4.98 Å². The molecule has 0 radical (unpaired) electrons. The number of ether oxygens (including phenoxy) is 1. The van der Waals surface area contributed by atoms with Crippen LogP contribution >= 0.6 is 15.9 Å². The summed E-state index contributed by atoms with van der Waals surface area (Å²) in [6, 6.07) is 11.7. The Kier molecular flexibility index (Phi) is 4.33. The maximum atomic E-state index is 5.90. The van der Waals surface area contributed by atoms with Crippen LogP contribution in [0.3, 0.4) is 0 Å². The number of aromatic nitrogens is 1. The van der Waals surface area contributed by atoms with Crippen molar-refractivity contribution in [3.8, 4) is 5.75 Å².